The largest absolute Gasteiger partial charge is 0.361 e. The summed E-state index contributed by atoms with van der Waals surface area (Å²) in [7, 11) is 3.90. The topological polar surface area (TPSA) is 67.4 Å². The molecule has 0 saturated carbocycles. The fourth-order valence-electron chi connectivity index (χ4n) is 3.82. The molecule has 0 aliphatic carbocycles. The molecule has 3 heterocycles. The van der Waals surface area contributed by atoms with Crippen LogP contribution in [-0.2, 0) is 7.05 Å². The number of hydrogen-bond acceptors (Lipinski definition) is 5. The van der Waals surface area contributed by atoms with Crippen molar-refractivity contribution >= 4 is 17.5 Å². The van der Waals surface area contributed by atoms with Gasteiger partial charge in [0.25, 0.3) is 5.91 Å². The molecule has 0 spiro atoms. The zero-order valence-electron chi connectivity index (χ0n) is 18.1. The molecule has 1 aliphatic rings. The summed E-state index contributed by atoms with van der Waals surface area (Å²) in [5.41, 5.74) is 1.43. The highest BCUT2D eigenvalue weighted by Gasteiger charge is 2.31. The number of likely N-dealkylation sites (tertiary alicyclic amines) is 1. The predicted molar refractivity (Wildman–Crippen MR) is 114 cm³/mol. The molecule has 8 heteroatoms. The molecule has 7 nitrogen and oxygen atoms in total. The van der Waals surface area contributed by atoms with Gasteiger partial charge in [-0.25, -0.2) is 0 Å². The van der Waals surface area contributed by atoms with Crippen molar-refractivity contribution in [1.82, 2.24) is 24.7 Å². The molecule has 1 saturated heterocycles. The summed E-state index contributed by atoms with van der Waals surface area (Å²) >= 11 is 6.49. The van der Waals surface area contributed by atoms with E-state index in [2.05, 4.69) is 36.1 Å². The van der Waals surface area contributed by atoms with E-state index in [1.807, 2.05) is 11.8 Å². The van der Waals surface area contributed by atoms with Crippen LogP contribution in [0.25, 0.3) is 11.4 Å². The first kappa shape index (κ1) is 21.8. The summed E-state index contributed by atoms with van der Waals surface area (Å²) in [5.74, 6) is 1.26. The molecule has 1 fully saturated rings. The minimum Gasteiger partial charge on any atom is -0.361 e. The molecular weight excluding hydrogens is 390 g/mol. The Morgan fingerprint density at radius 2 is 2.17 bits per heavy atom. The van der Waals surface area contributed by atoms with Crippen LogP contribution < -0.4 is 0 Å². The van der Waals surface area contributed by atoms with Crippen LogP contribution in [0.2, 0.25) is 5.15 Å². The third kappa shape index (κ3) is 5.01. The quantitative estimate of drug-likeness (QED) is 0.704. The standard InChI is InChI=1S/C21H32ClN5O2/c1-14(2)9-11-25(4)16-8-6-7-10-27(13-16)21(28)18-19(23-26(5)20(18)22)17-12-15(3)29-24-17/h12,14,16H,6-11,13H2,1-5H3. The third-order valence-corrected chi connectivity index (χ3v) is 6.11. The molecule has 0 radical (unpaired) electrons. The summed E-state index contributed by atoms with van der Waals surface area (Å²) in [6.45, 7) is 8.78. The Kier molecular flexibility index (Phi) is 7.01. The number of likely N-dealkylation sites (N-methyl/N-ethyl adjacent to an activating group) is 1. The van der Waals surface area contributed by atoms with Crippen LogP contribution in [0.5, 0.6) is 0 Å². The molecule has 2 aromatic rings. The van der Waals surface area contributed by atoms with E-state index in [9.17, 15) is 4.79 Å². The number of halogens is 1. The zero-order chi connectivity index (χ0) is 21.1. The van der Waals surface area contributed by atoms with E-state index in [0.717, 1.165) is 38.8 Å². The van der Waals surface area contributed by atoms with Crippen molar-refractivity contribution in [3.05, 3.63) is 22.5 Å². The lowest BCUT2D eigenvalue weighted by Crippen LogP contribution is -2.44. The monoisotopic (exact) mass is 421 g/mol. The summed E-state index contributed by atoms with van der Waals surface area (Å²) in [6, 6.07) is 2.13. The van der Waals surface area contributed by atoms with Crippen LogP contribution in [0.15, 0.2) is 10.6 Å². The molecule has 3 rings (SSSR count). The first-order valence-electron chi connectivity index (χ1n) is 10.4. The number of aryl methyl sites for hydroxylation is 2. The van der Waals surface area contributed by atoms with Crippen LogP contribution >= 0.6 is 11.6 Å². The number of carbonyl (C=O) groups is 1. The highest BCUT2D eigenvalue weighted by molar-refractivity contribution is 6.33. The van der Waals surface area contributed by atoms with Gasteiger partial charge in [-0.2, -0.15) is 5.10 Å². The maximum absolute atomic E-state index is 13.5. The smallest absolute Gasteiger partial charge is 0.259 e. The number of rotatable bonds is 6. The molecular formula is C21H32ClN5O2. The molecule has 1 unspecified atom stereocenters. The lowest BCUT2D eigenvalue weighted by Gasteiger charge is -2.31. The Bertz CT molecular complexity index is 844. The van der Waals surface area contributed by atoms with Crippen LogP contribution in [0.4, 0.5) is 0 Å². The van der Waals surface area contributed by atoms with Gasteiger partial charge in [0.1, 0.15) is 27.9 Å². The van der Waals surface area contributed by atoms with E-state index in [0.29, 0.717) is 46.4 Å². The SMILES string of the molecule is Cc1cc(-c2nn(C)c(Cl)c2C(=O)N2CCCCC(N(C)CCC(C)C)C2)no1. The zero-order valence-corrected chi connectivity index (χ0v) is 18.9. The molecule has 160 valence electrons. The Hall–Kier alpha value is -1.86. The lowest BCUT2D eigenvalue weighted by molar-refractivity contribution is 0.0714. The van der Waals surface area contributed by atoms with Gasteiger partial charge in [-0.05, 0) is 45.7 Å². The van der Waals surface area contributed by atoms with E-state index in [-0.39, 0.29) is 5.91 Å². The van der Waals surface area contributed by atoms with Gasteiger partial charge >= 0.3 is 0 Å². The second-order valence-electron chi connectivity index (χ2n) is 8.52. The van der Waals surface area contributed by atoms with Gasteiger partial charge in [-0.15, -0.1) is 0 Å². The molecule has 2 aromatic heterocycles. The van der Waals surface area contributed by atoms with Crippen molar-refractivity contribution in [2.24, 2.45) is 13.0 Å². The highest BCUT2D eigenvalue weighted by atomic mass is 35.5. The number of nitrogens with zero attached hydrogens (tertiary/aromatic N) is 5. The van der Waals surface area contributed by atoms with Gasteiger partial charge in [0, 0.05) is 32.2 Å². The van der Waals surface area contributed by atoms with Crippen LogP contribution in [0.1, 0.15) is 55.6 Å². The van der Waals surface area contributed by atoms with Crippen molar-refractivity contribution < 1.29 is 9.32 Å². The van der Waals surface area contributed by atoms with Gasteiger partial charge in [0.05, 0.1) is 0 Å². The average molecular weight is 422 g/mol. The molecule has 0 aromatic carbocycles. The minimum atomic E-state index is -0.0806. The Balaban J connectivity index is 1.84. The van der Waals surface area contributed by atoms with Crippen LogP contribution in [-0.4, -0.2) is 63.4 Å². The second kappa shape index (κ2) is 9.30. The Labute approximate surface area is 178 Å². The van der Waals surface area contributed by atoms with E-state index in [1.54, 1.807) is 13.1 Å². The Morgan fingerprint density at radius 3 is 2.83 bits per heavy atom. The lowest BCUT2D eigenvalue weighted by atomic mass is 10.1. The minimum absolute atomic E-state index is 0.0806. The van der Waals surface area contributed by atoms with E-state index in [1.165, 1.54) is 4.68 Å². The fraction of sp³-hybridized carbons (Fsp3) is 0.667. The van der Waals surface area contributed by atoms with Crippen molar-refractivity contribution in [3.8, 4) is 11.4 Å². The summed E-state index contributed by atoms with van der Waals surface area (Å²) < 4.78 is 6.72. The van der Waals surface area contributed by atoms with Gasteiger partial charge < -0.3 is 14.3 Å². The number of amides is 1. The van der Waals surface area contributed by atoms with Crippen molar-refractivity contribution in [2.75, 3.05) is 26.7 Å². The predicted octanol–water partition coefficient (Wildman–Crippen LogP) is 4.01. The van der Waals surface area contributed by atoms with Gasteiger partial charge in [-0.3, -0.25) is 9.48 Å². The number of aromatic nitrogens is 3. The van der Waals surface area contributed by atoms with Crippen LogP contribution in [0, 0.1) is 12.8 Å². The van der Waals surface area contributed by atoms with Gasteiger partial charge in [0.2, 0.25) is 0 Å². The molecule has 1 atom stereocenters. The van der Waals surface area contributed by atoms with Crippen molar-refractivity contribution in [3.63, 3.8) is 0 Å². The Morgan fingerprint density at radius 1 is 1.41 bits per heavy atom. The average Bonchev–Trinajstić information content (AvgIpc) is 3.12. The highest BCUT2D eigenvalue weighted by Crippen LogP contribution is 2.30. The van der Waals surface area contributed by atoms with E-state index in [4.69, 9.17) is 16.1 Å². The van der Waals surface area contributed by atoms with Gasteiger partial charge in [0.15, 0.2) is 0 Å². The summed E-state index contributed by atoms with van der Waals surface area (Å²) in [5, 5.41) is 8.82. The number of hydrogen-bond donors (Lipinski definition) is 0. The molecule has 1 amide bonds. The fourth-order valence-corrected chi connectivity index (χ4v) is 4.02. The van der Waals surface area contributed by atoms with Crippen molar-refractivity contribution in [2.45, 2.75) is 52.5 Å². The first-order valence-corrected chi connectivity index (χ1v) is 10.8. The summed E-state index contributed by atoms with van der Waals surface area (Å²) in [6.07, 6.45) is 4.38. The van der Waals surface area contributed by atoms with E-state index >= 15 is 0 Å². The number of carbonyl (C=O) groups excluding carboxylic acids is 1. The molecule has 0 N–H and O–H groups in total. The van der Waals surface area contributed by atoms with Crippen molar-refractivity contribution in [1.29, 1.82) is 0 Å². The van der Waals surface area contributed by atoms with Crippen LogP contribution in [0.3, 0.4) is 0 Å². The first-order chi connectivity index (χ1) is 13.8. The third-order valence-electron chi connectivity index (χ3n) is 5.68. The maximum atomic E-state index is 13.5. The summed E-state index contributed by atoms with van der Waals surface area (Å²) in [4.78, 5) is 17.9. The van der Waals surface area contributed by atoms with Gasteiger partial charge in [-0.1, -0.05) is 37.0 Å². The molecule has 1 aliphatic heterocycles. The normalized spacial score (nSPS) is 17.9. The molecule has 29 heavy (non-hydrogen) atoms. The second-order valence-corrected chi connectivity index (χ2v) is 8.88. The van der Waals surface area contributed by atoms with E-state index < -0.39 is 0 Å². The molecule has 0 bridgehead atoms. The maximum Gasteiger partial charge on any atom is 0.259 e.